The maximum absolute atomic E-state index is 14.7. The molecule has 4 rings (SSSR count). The molecule has 2 bridgehead atoms. The molecule has 2 unspecified atom stereocenters. The van der Waals surface area contributed by atoms with Gasteiger partial charge in [0.2, 0.25) is 17.7 Å². The molecule has 3 aliphatic rings. The summed E-state index contributed by atoms with van der Waals surface area (Å²) in [5, 5.41) is 9.34. The molecule has 1 N–H and O–H groups in total. The minimum atomic E-state index is -1.08. The van der Waals surface area contributed by atoms with Crippen LogP contribution in [0.15, 0.2) is 49.6 Å². The fourth-order valence-electron chi connectivity index (χ4n) is 7.66. The van der Waals surface area contributed by atoms with Crippen LogP contribution in [0.1, 0.15) is 72.1 Å². The van der Waals surface area contributed by atoms with E-state index in [2.05, 4.69) is 20.1 Å². The van der Waals surface area contributed by atoms with E-state index in [4.69, 9.17) is 9.47 Å². The van der Waals surface area contributed by atoms with Crippen LogP contribution in [0.3, 0.4) is 0 Å². The summed E-state index contributed by atoms with van der Waals surface area (Å²) in [5.41, 5.74) is -1.22. The van der Waals surface area contributed by atoms with Crippen molar-refractivity contribution in [2.24, 2.45) is 11.8 Å². The molecule has 3 aliphatic heterocycles. The lowest BCUT2D eigenvalue weighted by Gasteiger charge is -2.37. The van der Waals surface area contributed by atoms with Gasteiger partial charge in [0.1, 0.15) is 17.4 Å². The number of nitrogens with zero attached hydrogens (tertiary/aromatic N) is 3. The lowest BCUT2D eigenvalue weighted by molar-refractivity contribution is -0.152. The van der Waals surface area contributed by atoms with Gasteiger partial charge in [-0.05, 0) is 76.1 Å². The molecule has 3 fully saturated rings. The van der Waals surface area contributed by atoms with Gasteiger partial charge in [-0.2, -0.15) is 0 Å². The third-order valence-corrected chi connectivity index (χ3v) is 9.72. The Hall–Kier alpha value is -3.17. The highest BCUT2D eigenvalue weighted by Gasteiger charge is 2.79. The third kappa shape index (κ3) is 6.05. The molecule has 1 aromatic carbocycles. The van der Waals surface area contributed by atoms with Crippen LogP contribution in [0, 0.1) is 11.8 Å². The number of ether oxygens (including phenoxy) is 2. The standard InChI is InChI=1S/C35H51N3O6/c1-6-11-23-36(21-7-2)33(42)30-35-20-19-34(9-4,44-35)28(29(35)32(41)38(30)24-13-12-14-25-39)31(40)37(22-8-3)26-15-17-27(18-16-26)43-10-5/h7-8,15-18,28-30,39H,2-3,6,9-14,19-25H2,1,4-5H3/t28-,29-,30?,34+,35?/m0/s1. The molecule has 44 heavy (non-hydrogen) atoms. The molecule has 3 amide bonds. The van der Waals surface area contributed by atoms with Gasteiger partial charge in [-0.1, -0.05) is 32.4 Å². The number of carbonyl (C=O) groups is 3. The summed E-state index contributed by atoms with van der Waals surface area (Å²) in [6, 6.07) is 6.57. The molecular formula is C35H51N3O6. The normalized spacial score (nSPS) is 26.9. The number of unbranched alkanes of at least 4 members (excludes halogenated alkanes) is 3. The van der Waals surface area contributed by atoms with Crippen LogP contribution >= 0.6 is 0 Å². The van der Waals surface area contributed by atoms with E-state index >= 15 is 0 Å². The van der Waals surface area contributed by atoms with Gasteiger partial charge in [-0.3, -0.25) is 14.4 Å². The molecule has 1 spiro atoms. The van der Waals surface area contributed by atoms with Gasteiger partial charge >= 0.3 is 0 Å². The fraction of sp³-hybridized carbons (Fsp3) is 0.629. The molecule has 3 heterocycles. The number of amides is 3. The molecule has 1 aromatic rings. The summed E-state index contributed by atoms with van der Waals surface area (Å²) in [5.74, 6) is -1.28. The lowest BCUT2D eigenvalue weighted by atomic mass is 9.64. The molecule has 0 aliphatic carbocycles. The number of fused-ring (bicyclic) bond motifs is 1. The largest absolute Gasteiger partial charge is 0.494 e. The van der Waals surface area contributed by atoms with E-state index in [0.29, 0.717) is 69.8 Å². The zero-order valence-corrected chi connectivity index (χ0v) is 26.8. The van der Waals surface area contributed by atoms with Gasteiger partial charge < -0.3 is 29.3 Å². The third-order valence-electron chi connectivity index (χ3n) is 9.72. The topological polar surface area (TPSA) is 99.6 Å². The predicted molar refractivity (Wildman–Crippen MR) is 171 cm³/mol. The van der Waals surface area contributed by atoms with Crippen LogP contribution in [0.25, 0.3) is 0 Å². The maximum atomic E-state index is 14.7. The van der Waals surface area contributed by atoms with Gasteiger partial charge in [0, 0.05) is 38.5 Å². The molecule has 5 atom stereocenters. The van der Waals surface area contributed by atoms with Crippen LogP contribution < -0.4 is 9.64 Å². The van der Waals surface area contributed by atoms with Crippen molar-refractivity contribution in [1.82, 2.24) is 9.80 Å². The number of likely N-dealkylation sites (tertiary alicyclic amines) is 1. The van der Waals surface area contributed by atoms with Gasteiger partial charge in [0.15, 0.2) is 0 Å². The number of carbonyl (C=O) groups excluding carboxylic acids is 3. The lowest BCUT2D eigenvalue weighted by Crippen LogP contribution is -2.56. The van der Waals surface area contributed by atoms with E-state index in [-0.39, 0.29) is 30.9 Å². The average Bonchev–Trinajstić information content (AvgIpc) is 3.63. The highest BCUT2D eigenvalue weighted by atomic mass is 16.5. The number of anilines is 1. The number of hydrogen-bond donors (Lipinski definition) is 1. The molecule has 9 nitrogen and oxygen atoms in total. The molecular weight excluding hydrogens is 558 g/mol. The summed E-state index contributed by atoms with van der Waals surface area (Å²) in [7, 11) is 0. The molecule has 0 saturated carbocycles. The minimum absolute atomic E-state index is 0.0798. The van der Waals surface area contributed by atoms with Gasteiger partial charge in [-0.15, -0.1) is 13.2 Å². The highest BCUT2D eigenvalue weighted by Crippen LogP contribution is 2.64. The zero-order chi connectivity index (χ0) is 31.9. The Bertz CT molecular complexity index is 1190. The second-order valence-electron chi connectivity index (χ2n) is 12.2. The van der Waals surface area contributed by atoms with Crippen LogP contribution in [-0.2, 0) is 19.1 Å². The highest BCUT2D eigenvalue weighted by molar-refractivity contribution is 6.03. The Kier molecular flexibility index (Phi) is 11.3. The summed E-state index contributed by atoms with van der Waals surface area (Å²) in [4.78, 5) is 48.9. The van der Waals surface area contributed by atoms with E-state index in [1.54, 1.807) is 26.9 Å². The minimum Gasteiger partial charge on any atom is -0.494 e. The maximum Gasteiger partial charge on any atom is 0.248 e. The number of rotatable bonds is 18. The van der Waals surface area contributed by atoms with E-state index in [1.807, 2.05) is 38.1 Å². The molecule has 3 saturated heterocycles. The number of aliphatic hydroxyl groups is 1. The van der Waals surface area contributed by atoms with E-state index in [0.717, 1.165) is 19.3 Å². The smallest absolute Gasteiger partial charge is 0.248 e. The summed E-state index contributed by atoms with van der Waals surface area (Å²) in [6.07, 6.45) is 8.91. The number of hydrogen-bond acceptors (Lipinski definition) is 6. The molecule has 0 radical (unpaired) electrons. The molecule has 0 aromatic heterocycles. The van der Waals surface area contributed by atoms with E-state index in [9.17, 15) is 19.5 Å². The first kappa shape index (κ1) is 33.7. The molecule has 242 valence electrons. The predicted octanol–water partition coefficient (Wildman–Crippen LogP) is 4.74. The van der Waals surface area contributed by atoms with Crippen molar-refractivity contribution in [1.29, 1.82) is 0 Å². The van der Waals surface area contributed by atoms with Gasteiger partial charge in [-0.25, -0.2) is 0 Å². The summed E-state index contributed by atoms with van der Waals surface area (Å²) < 4.78 is 12.6. The van der Waals surface area contributed by atoms with E-state index in [1.165, 1.54) is 0 Å². The Morgan fingerprint density at radius 3 is 2.39 bits per heavy atom. The van der Waals surface area contributed by atoms with Crippen molar-refractivity contribution in [2.75, 3.05) is 44.3 Å². The van der Waals surface area contributed by atoms with Crippen LogP contribution in [0.2, 0.25) is 0 Å². The summed E-state index contributed by atoms with van der Waals surface area (Å²) >= 11 is 0. The Labute approximate surface area is 262 Å². The Balaban J connectivity index is 1.76. The van der Waals surface area contributed by atoms with Crippen molar-refractivity contribution < 1.29 is 29.0 Å². The monoisotopic (exact) mass is 609 g/mol. The van der Waals surface area contributed by atoms with E-state index < -0.39 is 29.1 Å². The van der Waals surface area contributed by atoms with Crippen LogP contribution in [0.4, 0.5) is 5.69 Å². The zero-order valence-electron chi connectivity index (χ0n) is 26.8. The van der Waals surface area contributed by atoms with Crippen molar-refractivity contribution >= 4 is 23.4 Å². The van der Waals surface area contributed by atoms with Crippen molar-refractivity contribution in [3.05, 3.63) is 49.6 Å². The first-order chi connectivity index (χ1) is 21.3. The van der Waals surface area contributed by atoms with Gasteiger partial charge in [0.05, 0.1) is 24.0 Å². The van der Waals surface area contributed by atoms with Crippen molar-refractivity contribution in [2.45, 2.75) is 89.4 Å². The summed E-state index contributed by atoms with van der Waals surface area (Å²) in [6.45, 7) is 16.0. The fourth-order valence-corrected chi connectivity index (χ4v) is 7.66. The number of benzene rings is 1. The van der Waals surface area contributed by atoms with Gasteiger partial charge in [0.25, 0.3) is 0 Å². The Morgan fingerprint density at radius 1 is 1.05 bits per heavy atom. The second kappa shape index (κ2) is 14.7. The first-order valence-electron chi connectivity index (χ1n) is 16.4. The SMILES string of the molecule is C=CCN(CCCC)C(=O)C1N(CCCCCO)C(=O)[C@@H]2[C@@H](C(=O)N(CC=C)c3ccc(OCC)cc3)[C@@]3(CC)CCC12O3. The average molecular weight is 610 g/mol. The van der Waals surface area contributed by atoms with Crippen molar-refractivity contribution in [3.63, 3.8) is 0 Å². The van der Waals surface area contributed by atoms with Crippen molar-refractivity contribution in [3.8, 4) is 5.75 Å². The first-order valence-corrected chi connectivity index (χ1v) is 16.4. The van der Waals surface area contributed by atoms with Crippen LogP contribution in [0.5, 0.6) is 5.75 Å². The molecule has 9 heteroatoms. The Morgan fingerprint density at radius 2 is 1.77 bits per heavy atom. The second-order valence-corrected chi connectivity index (χ2v) is 12.2. The number of aliphatic hydroxyl groups excluding tert-OH is 1. The quantitative estimate of drug-likeness (QED) is 0.191. The van der Waals surface area contributed by atoms with Crippen LogP contribution in [-0.4, -0.2) is 89.3 Å².